The topological polar surface area (TPSA) is 132 Å². The minimum Gasteiger partial charge on any atom is -0.481 e. The first-order valence-electron chi connectivity index (χ1n) is 12.9. The molecule has 1 unspecified atom stereocenters. The second-order valence-electron chi connectivity index (χ2n) is 11.9. The van der Waals surface area contributed by atoms with Crippen LogP contribution in [0.15, 0.2) is 22.2 Å². The van der Waals surface area contributed by atoms with Crippen molar-refractivity contribution < 1.29 is 43.6 Å². The molecule has 3 fully saturated rings. The predicted molar refractivity (Wildman–Crippen MR) is 133 cm³/mol. The number of aliphatic carboxylic acids is 1. The molecule has 0 radical (unpaired) electrons. The van der Waals surface area contributed by atoms with Gasteiger partial charge in [0.15, 0.2) is 17.2 Å². The average Bonchev–Trinajstić information content (AvgIpc) is 3.01. The molecule has 0 aromatic carbocycles. The zero-order valence-electron chi connectivity index (χ0n) is 21.2. The molecule has 10 atom stereocenters. The molecule has 206 valence electrons. The van der Waals surface area contributed by atoms with Gasteiger partial charge in [0.05, 0.1) is 10.6 Å². The minimum absolute atomic E-state index is 0.0173. The lowest BCUT2D eigenvalue weighted by molar-refractivity contribution is -0.225. The summed E-state index contributed by atoms with van der Waals surface area (Å²) < 4.78 is 33.0. The zero-order chi connectivity index (χ0) is 27.7. The first kappa shape index (κ1) is 28.5. The van der Waals surface area contributed by atoms with Gasteiger partial charge >= 0.3 is 5.97 Å². The van der Waals surface area contributed by atoms with Gasteiger partial charge in [-0.05, 0) is 84.9 Å². The normalized spacial score (nSPS) is 45.8. The Hall–Kier alpha value is -1.49. The van der Waals surface area contributed by atoms with Gasteiger partial charge in [0.25, 0.3) is 0 Å². The number of carboxylic acids is 1. The van der Waals surface area contributed by atoms with Crippen LogP contribution >= 0.6 is 15.9 Å². The molecule has 0 bridgehead atoms. The Balaban J connectivity index is 1.69. The van der Waals surface area contributed by atoms with E-state index in [-0.39, 0.29) is 55.0 Å². The van der Waals surface area contributed by atoms with Gasteiger partial charge in [-0.2, -0.15) is 0 Å². The van der Waals surface area contributed by atoms with Crippen molar-refractivity contribution in [1.29, 1.82) is 0 Å². The van der Waals surface area contributed by atoms with Crippen LogP contribution in [0, 0.1) is 28.6 Å². The van der Waals surface area contributed by atoms with Crippen LogP contribution < -0.4 is 0 Å². The average molecular weight is 589 g/mol. The highest BCUT2D eigenvalue weighted by Gasteiger charge is 2.77. The van der Waals surface area contributed by atoms with Crippen molar-refractivity contribution in [2.24, 2.45) is 28.6 Å². The van der Waals surface area contributed by atoms with E-state index in [1.165, 1.54) is 13.0 Å². The van der Waals surface area contributed by atoms with Crippen LogP contribution in [0.4, 0.5) is 8.78 Å². The van der Waals surface area contributed by atoms with Crippen LogP contribution in [-0.4, -0.2) is 67.6 Å². The molecule has 4 rings (SSSR count). The standard InChI is InChI=1S/C27H35BrF2O7/c1-13-8-14-15-9-18(29)16-10-20(32)17(28)11-24(16,2)26(15,30)21(33)12-25(14,3)27(13,37)23(36)19(31)6-4-5-7-22(34)35/h10-11,13-15,18-19,21,31,33,37H,4-9,12H2,1-3H3,(H,34,35)/t13-,14+,15+,18-,19?,21+,24+,25+,26+,27+/m1/s1. The van der Waals surface area contributed by atoms with Crippen molar-refractivity contribution in [2.45, 2.75) is 95.4 Å². The zero-order valence-corrected chi connectivity index (χ0v) is 22.8. The number of Topliss-reactive ketones (excluding diaryl/α,β-unsaturated/α-hetero) is 1. The summed E-state index contributed by atoms with van der Waals surface area (Å²) in [5, 5.41) is 42.8. The number of unbranched alkanes of at least 4 members (excludes halogenated alkanes) is 1. The summed E-state index contributed by atoms with van der Waals surface area (Å²) in [6.07, 6.45) is -2.45. The number of carbonyl (C=O) groups is 3. The number of alkyl halides is 2. The number of hydrogen-bond donors (Lipinski definition) is 4. The summed E-state index contributed by atoms with van der Waals surface area (Å²) in [6, 6.07) is 0. The third-order valence-electron chi connectivity index (χ3n) is 10.1. The fourth-order valence-electron chi connectivity index (χ4n) is 8.12. The summed E-state index contributed by atoms with van der Waals surface area (Å²) in [4.78, 5) is 36.5. The molecule has 0 saturated heterocycles. The lowest BCUT2D eigenvalue weighted by atomic mass is 9.44. The van der Waals surface area contributed by atoms with Crippen LogP contribution in [-0.2, 0) is 14.4 Å². The number of carbonyl (C=O) groups excluding carboxylic acids is 2. The van der Waals surface area contributed by atoms with E-state index in [2.05, 4.69) is 15.9 Å². The van der Waals surface area contributed by atoms with Crippen LogP contribution in [0.5, 0.6) is 0 Å². The highest BCUT2D eigenvalue weighted by Crippen LogP contribution is 2.71. The van der Waals surface area contributed by atoms with E-state index >= 15 is 8.78 Å². The Kier molecular flexibility index (Phi) is 7.18. The minimum atomic E-state index is -2.35. The van der Waals surface area contributed by atoms with Crippen molar-refractivity contribution in [3.8, 4) is 0 Å². The number of halogens is 3. The maximum atomic E-state index is 17.3. The predicted octanol–water partition coefficient (Wildman–Crippen LogP) is 3.58. The maximum Gasteiger partial charge on any atom is 0.303 e. The Bertz CT molecular complexity index is 1080. The van der Waals surface area contributed by atoms with Gasteiger partial charge in [0.2, 0.25) is 0 Å². The van der Waals surface area contributed by atoms with Gasteiger partial charge in [-0.25, -0.2) is 8.78 Å². The molecule has 37 heavy (non-hydrogen) atoms. The first-order chi connectivity index (χ1) is 17.1. The Morgan fingerprint density at radius 2 is 1.86 bits per heavy atom. The lowest BCUT2D eigenvalue weighted by Gasteiger charge is -2.63. The number of allylic oxidation sites excluding steroid dienone is 4. The van der Waals surface area contributed by atoms with E-state index in [0.717, 1.165) is 6.08 Å². The van der Waals surface area contributed by atoms with Gasteiger partial charge in [-0.15, -0.1) is 0 Å². The Morgan fingerprint density at radius 3 is 2.49 bits per heavy atom. The molecular formula is C27H35BrF2O7. The first-order valence-corrected chi connectivity index (χ1v) is 13.7. The molecule has 0 heterocycles. The van der Waals surface area contributed by atoms with Crippen molar-refractivity contribution in [1.82, 2.24) is 0 Å². The number of rotatable bonds is 7. The molecule has 4 aliphatic carbocycles. The molecule has 4 aliphatic rings. The van der Waals surface area contributed by atoms with Crippen LogP contribution in [0.25, 0.3) is 0 Å². The summed E-state index contributed by atoms with van der Waals surface area (Å²) in [5.74, 6) is -4.72. The molecule has 0 aromatic heterocycles. The van der Waals surface area contributed by atoms with Gasteiger partial charge < -0.3 is 20.4 Å². The van der Waals surface area contributed by atoms with E-state index in [9.17, 15) is 29.7 Å². The third kappa shape index (κ3) is 3.84. The number of fused-ring (bicyclic) bond motifs is 5. The van der Waals surface area contributed by atoms with Crippen molar-refractivity contribution in [3.05, 3.63) is 22.2 Å². The van der Waals surface area contributed by atoms with E-state index in [1.807, 2.05) is 0 Å². The number of aliphatic hydroxyl groups is 3. The summed E-state index contributed by atoms with van der Waals surface area (Å²) in [5.41, 5.74) is -7.41. The monoisotopic (exact) mass is 588 g/mol. The molecule has 0 spiro atoms. The number of ketones is 2. The molecular weight excluding hydrogens is 554 g/mol. The van der Waals surface area contributed by atoms with Crippen LogP contribution in [0.1, 0.15) is 65.7 Å². The molecule has 0 amide bonds. The summed E-state index contributed by atoms with van der Waals surface area (Å²) >= 11 is 3.15. The van der Waals surface area contributed by atoms with Crippen molar-refractivity contribution >= 4 is 33.5 Å². The second kappa shape index (κ2) is 9.31. The van der Waals surface area contributed by atoms with Crippen LogP contribution in [0.3, 0.4) is 0 Å². The lowest BCUT2D eigenvalue weighted by Crippen LogP contribution is -2.71. The van der Waals surface area contributed by atoms with E-state index in [4.69, 9.17) is 5.11 Å². The number of hydrogen-bond acceptors (Lipinski definition) is 6. The highest BCUT2D eigenvalue weighted by molar-refractivity contribution is 9.12. The second-order valence-corrected chi connectivity index (χ2v) is 12.8. The van der Waals surface area contributed by atoms with E-state index < -0.39 is 75.8 Å². The molecule has 7 nitrogen and oxygen atoms in total. The molecule has 10 heteroatoms. The number of carboxylic acid groups (broad SMARTS) is 1. The van der Waals surface area contributed by atoms with Gasteiger partial charge in [0, 0.05) is 23.2 Å². The summed E-state index contributed by atoms with van der Waals surface area (Å²) in [7, 11) is 0. The smallest absolute Gasteiger partial charge is 0.303 e. The van der Waals surface area contributed by atoms with Gasteiger partial charge in [-0.3, -0.25) is 14.4 Å². The van der Waals surface area contributed by atoms with Crippen molar-refractivity contribution in [2.75, 3.05) is 0 Å². The van der Waals surface area contributed by atoms with Gasteiger partial charge in [-0.1, -0.05) is 19.9 Å². The highest BCUT2D eigenvalue weighted by atomic mass is 79.9. The van der Waals surface area contributed by atoms with Crippen molar-refractivity contribution in [3.63, 3.8) is 0 Å². The Labute approximate surface area is 223 Å². The largest absolute Gasteiger partial charge is 0.481 e. The van der Waals surface area contributed by atoms with E-state index in [1.54, 1.807) is 13.8 Å². The quantitative estimate of drug-likeness (QED) is 0.334. The van der Waals surface area contributed by atoms with E-state index in [0.29, 0.717) is 0 Å². The van der Waals surface area contributed by atoms with Crippen LogP contribution in [0.2, 0.25) is 0 Å². The molecule has 4 N–H and O–H groups in total. The Morgan fingerprint density at radius 1 is 1.22 bits per heavy atom. The maximum absolute atomic E-state index is 17.3. The SMILES string of the molecule is C[C@@H]1C[C@H]2[C@@H]3C[C@@H](F)C4=CC(=O)C(Br)=C[C@]4(C)[C@@]3(F)[C@@H](O)C[C@]2(C)[C@@]1(O)C(=O)C(O)CCCCC(=O)O. The fourth-order valence-corrected chi connectivity index (χ4v) is 8.69. The third-order valence-corrected chi connectivity index (χ3v) is 10.7. The number of aliphatic hydroxyl groups excluding tert-OH is 2. The molecule has 3 saturated carbocycles. The fraction of sp³-hybridized carbons (Fsp3) is 0.741. The molecule has 0 aromatic rings. The van der Waals surface area contributed by atoms with Gasteiger partial charge in [0.1, 0.15) is 17.9 Å². The summed E-state index contributed by atoms with van der Waals surface area (Å²) in [6.45, 7) is 4.73. The molecule has 0 aliphatic heterocycles.